The number of hydrogen-bond acceptors (Lipinski definition) is 3. The highest BCUT2D eigenvalue weighted by atomic mass is 32.1. The van der Waals surface area contributed by atoms with Crippen molar-refractivity contribution in [3.8, 4) is 0 Å². The highest BCUT2D eigenvalue weighted by Crippen LogP contribution is 2.11. The van der Waals surface area contributed by atoms with Gasteiger partial charge < -0.3 is 4.74 Å². The molecule has 0 spiro atoms. The van der Waals surface area contributed by atoms with Crippen LogP contribution in [0.2, 0.25) is 0 Å². The Balaban J connectivity index is 3.46. The molecule has 1 atom stereocenters. The van der Waals surface area contributed by atoms with Crippen molar-refractivity contribution >= 4 is 25.3 Å². The molecule has 1 nitrogen and oxygen atoms in total. The van der Waals surface area contributed by atoms with Gasteiger partial charge in [0.2, 0.25) is 0 Å². The van der Waals surface area contributed by atoms with Crippen LogP contribution in [0.4, 0.5) is 0 Å². The summed E-state index contributed by atoms with van der Waals surface area (Å²) in [6.45, 7) is 6.75. The van der Waals surface area contributed by atoms with Gasteiger partial charge in [-0.3, -0.25) is 0 Å². The van der Waals surface area contributed by atoms with Gasteiger partial charge in [0.1, 0.15) is 0 Å². The minimum atomic E-state index is -0.111. The van der Waals surface area contributed by atoms with Gasteiger partial charge in [-0.1, -0.05) is 6.92 Å². The minimum absolute atomic E-state index is 0.111. The molecule has 0 fully saturated rings. The third kappa shape index (κ3) is 5.45. The summed E-state index contributed by atoms with van der Waals surface area (Å²) in [7, 11) is 0. The Hall–Kier alpha value is 0.660. The SMILES string of the molecule is CC(S)COC(C)(C)CS. The van der Waals surface area contributed by atoms with Crippen LogP contribution in [-0.2, 0) is 4.74 Å². The average Bonchev–Trinajstić information content (AvgIpc) is 1.85. The Morgan fingerprint density at radius 1 is 1.50 bits per heavy atom. The predicted octanol–water partition coefficient (Wildman–Crippen LogP) is 2.03. The van der Waals surface area contributed by atoms with Crippen LogP contribution in [0.3, 0.4) is 0 Å². The van der Waals surface area contributed by atoms with Gasteiger partial charge in [-0.15, -0.1) is 0 Å². The molecule has 0 aromatic carbocycles. The second kappa shape index (κ2) is 4.52. The van der Waals surface area contributed by atoms with E-state index in [-0.39, 0.29) is 5.60 Å². The molecule has 0 bridgehead atoms. The van der Waals surface area contributed by atoms with Crippen LogP contribution in [0.5, 0.6) is 0 Å². The molecular formula is C7H16OS2. The topological polar surface area (TPSA) is 9.23 Å². The van der Waals surface area contributed by atoms with Crippen molar-refractivity contribution in [1.29, 1.82) is 0 Å². The Morgan fingerprint density at radius 3 is 2.30 bits per heavy atom. The van der Waals surface area contributed by atoms with E-state index in [1.165, 1.54) is 0 Å². The van der Waals surface area contributed by atoms with Gasteiger partial charge in [0, 0.05) is 11.0 Å². The van der Waals surface area contributed by atoms with E-state index in [0.717, 1.165) is 5.75 Å². The Morgan fingerprint density at radius 2 is 2.00 bits per heavy atom. The Bertz CT molecular complexity index is 91.6. The van der Waals surface area contributed by atoms with Crippen LogP contribution in [-0.4, -0.2) is 23.2 Å². The van der Waals surface area contributed by atoms with Gasteiger partial charge in [-0.05, 0) is 13.8 Å². The lowest BCUT2D eigenvalue weighted by Gasteiger charge is -2.23. The van der Waals surface area contributed by atoms with Crippen LogP contribution >= 0.6 is 25.3 Å². The van der Waals surface area contributed by atoms with Crippen molar-refractivity contribution < 1.29 is 4.74 Å². The van der Waals surface area contributed by atoms with E-state index in [0.29, 0.717) is 11.9 Å². The lowest BCUT2D eigenvalue weighted by atomic mass is 10.2. The van der Waals surface area contributed by atoms with E-state index in [4.69, 9.17) is 4.74 Å². The maximum atomic E-state index is 5.49. The smallest absolute Gasteiger partial charge is 0.0714 e. The molecule has 0 aromatic heterocycles. The molecule has 0 saturated heterocycles. The fourth-order valence-corrected chi connectivity index (χ4v) is 0.558. The molecular weight excluding hydrogens is 164 g/mol. The standard InChI is InChI=1S/C7H16OS2/c1-6(10)4-8-7(2,3)5-9/h6,9-10H,4-5H2,1-3H3. The fourth-order valence-electron chi connectivity index (χ4n) is 0.392. The molecule has 0 aliphatic heterocycles. The molecule has 3 heteroatoms. The summed E-state index contributed by atoms with van der Waals surface area (Å²) in [6.07, 6.45) is 0. The van der Waals surface area contributed by atoms with Crippen LogP contribution in [0.15, 0.2) is 0 Å². The fraction of sp³-hybridized carbons (Fsp3) is 1.00. The lowest BCUT2D eigenvalue weighted by molar-refractivity contribution is 0.00380. The minimum Gasteiger partial charge on any atom is -0.374 e. The summed E-state index contributed by atoms with van der Waals surface area (Å²) in [5, 5.41) is 0.305. The average molecular weight is 180 g/mol. The first-order chi connectivity index (χ1) is 4.48. The number of ether oxygens (including phenoxy) is 1. The zero-order chi connectivity index (χ0) is 8.20. The van der Waals surface area contributed by atoms with Crippen LogP contribution < -0.4 is 0 Å². The number of rotatable bonds is 4. The summed E-state index contributed by atoms with van der Waals surface area (Å²) in [6, 6.07) is 0. The molecule has 1 unspecified atom stereocenters. The zero-order valence-electron chi connectivity index (χ0n) is 6.79. The van der Waals surface area contributed by atoms with Gasteiger partial charge in [0.05, 0.1) is 12.2 Å². The first-order valence-electron chi connectivity index (χ1n) is 3.41. The quantitative estimate of drug-likeness (QED) is 0.629. The molecule has 0 N–H and O–H groups in total. The maximum Gasteiger partial charge on any atom is 0.0714 e. The van der Waals surface area contributed by atoms with Crippen molar-refractivity contribution in [1.82, 2.24) is 0 Å². The second-order valence-electron chi connectivity index (χ2n) is 3.08. The Labute approximate surface area is 74.4 Å². The van der Waals surface area contributed by atoms with Gasteiger partial charge in [-0.2, -0.15) is 25.3 Å². The molecule has 0 aliphatic rings. The molecule has 0 saturated carbocycles. The van der Waals surface area contributed by atoms with Crippen LogP contribution in [0.1, 0.15) is 20.8 Å². The first-order valence-corrected chi connectivity index (χ1v) is 4.56. The van der Waals surface area contributed by atoms with E-state index in [9.17, 15) is 0 Å². The van der Waals surface area contributed by atoms with E-state index >= 15 is 0 Å². The van der Waals surface area contributed by atoms with Crippen molar-refractivity contribution in [2.45, 2.75) is 31.6 Å². The normalized spacial score (nSPS) is 15.3. The largest absolute Gasteiger partial charge is 0.374 e. The lowest BCUT2D eigenvalue weighted by Crippen LogP contribution is -2.28. The van der Waals surface area contributed by atoms with E-state index in [1.54, 1.807) is 0 Å². The highest BCUT2D eigenvalue weighted by molar-refractivity contribution is 7.81. The molecule has 0 aromatic rings. The molecule has 0 aliphatic carbocycles. The van der Waals surface area contributed by atoms with Gasteiger partial charge in [-0.25, -0.2) is 0 Å². The Kier molecular flexibility index (Phi) is 4.82. The predicted molar refractivity (Wildman–Crippen MR) is 52.3 cm³/mol. The molecule has 62 valence electrons. The molecule has 0 radical (unpaired) electrons. The van der Waals surface area contributed by atoms with Crippen molar-refractivity contribution in [2.75, 3.05) is 12.4 Å². The summed E-state index contributed by atoms with van der Waals surface area (Å²) >= 11 is 8.35. The monoisotopic (exact) mass is 180 g/mol. The molecule has 0 amide bonds. The molecule has 10 heavy (non-hydrogen) atoms. The van der Waals surface area contributed by atoms with E-state index < -0.39 is 0 Å². The highest BCUT2D eigenvalue weighted by Gasteiger charge is 2.15. The van der Waals surface area contributed by atoms with Gasteiger partial charge in [0.25, 0.3) is 0 Å². The first kappa shape index (κ1) is 10.7. The third-order valence-corrected chi connectivity index (χ3v) is 2.01. The maximum absolute atomic E-state index is 5.49. The van der Waals surface area contributed by atoms with Crippen LogP contribution in [0, 0.1) is 0 Å². The van der Waals surface area contributed by atoms with Crippen molar-refractivity contribution in [3.63, 3.8) is 0 Å². The van der Waals surface area contributed by atoms with Gasteiger partial charge >= 0.3 is 0 Å². The van der Waals surface area contributed by atoms with Crippen molar-refractivity contribution in [2.24, 2.45) is 0 Å². The second-order valence-corrected chi connectivity index (χ2v) is 4.28. The number of thiol groups is 2. The zero-order valence-corrected chi connectivity index (χ0v) is 8.58. The van der Waals surface area contributed by atoms with Gasteiger partial charge in [0.15, 0.2) is 0 Å². The molecule has 0 rings (SSSR count). The summed E-state index contributed by atoms with van der Waals surface area (Å²) in [5.74, 6) is 0.744. The van der Waals surface area contributed by atoms with E-state index in [2.05, 4.69) is 25.3 Å². The number of hydrogen-bond donors (Lipinski definition) is 2. The third-order valence-electron chi connectivity index (χ3n) is 1.10. The summed E-state index contributed by atoms with van der Waals surface area (Å²) in [5.41, 5.74) is -0.111. The molecule has 0 heterocycles. The van der Waals surface area contributed by atoms with E-state index in [1.807, 2.05) is 20.8 Å². The van der Waals surface area contributed by atoms with Crippen LogP contribution in [0.25, 0.3) is 0 Å². The summed E-state index contributed by atoms with van der Waals surface area (Å²) < 4.78 is 5.49. The summed E-state index contributed by atoms with van der Waals surface area (Å²) in [4.78, 5) is 0. The van der Waals surface area contributed by atoms with Crippen molar-refractivity contribution in [3.05, 3.63) is 0 Å².